The quantitative estimate of drug-likeness (QED) is 0.813. The van der Waals surface area contributed by atoms with E-state index in [1.165, 1.54) is 0 Å². The first-order valence-corrected chi connectivity index (χ1v) is 7.17. The number of carbonyl (C=O) groups is 1. The number of halogens is 1. The van der Waals surface area contributed by atoms with E-state index < -0.39 is 0 Å². The van der Waals surface area contributed by atoms with Crippen LogP contribution in [0, 0.1) is 6.92 Å². The Morgan fingerprint density at radius 1 is 1.20 bits per heavy atom. The third-order valence-electron chi connectivity index (χ3n) is 2.72. The molecule has 0 radical (unpaired) electrons. The van der Waals surface area contributed by atoms with Crippen LogP contribution in [0.25, 0.3) is 0 Å². The van der Waals surface area contributed by atoms with E-state index in [-0.39, 0.29) is 5.24 Å². The average molecular weight is 308 g/mol. The fourth-order valence-electron chi connectivity index (χ4n) is 1.67. The van der Waals surface area contributed by atoms with Crippen LogP contribution in [0.2, 0.25) is 5.02 Å². The average Bonchev–Trinajstić information content (AvgIpc) is 2.44. The van der Waals surface area contributed by atoms with Crippen LogP contribution in [0.1, 0.15) is 5.56 Å². The van der Waals surface area contributed by atoms with Crippen LogP contribution in [0.15, 0.2) is 47.4 Å². The van der Waals surface area contributed by atoms with Gasteiger partial charge in [-0.15, -0.1) is 0 Å². The molecule has 5 heteroatoms. The van der Waals surface area contributed by atoms with Gasteiger partial charge in [-0.05, 0) is 54.6 Å². The number of aryl methyl sites for hydroxylation is 1. The van der Waals surface area contributed by atoms with E-state index in [1.807, 2.05) is 43.3 Å². The largest absolute Gasteiger partial charge is 0.497 e. The molecule has 0 unspecified atom stereocenters. The van der Waals surface area contributed by atoms with Gasteiger partial charge in [-0.1, -0.05) is 23.7 Å². The minimum Gasteiger partial charge on any atom is -0.497 e. The zero-order chi connectivity index (χ0) is 14.5. The van der Waals surface area contributed by atoms with Gasteiger partial charge in [0.2, 0.25) is 0 Å². The van der Waals surface area contributed by atoms with Crippen molar-refractivity contribution in [3.8, 4) is 5.75 Å². The number of benzene rings is 2. The third-order valence-corrected chi connectivity index (χ3v) is 3.83. The normalized spacial score (nSPS) is 10.2. The molecule has 20 heavy (non-hydrogen) atoms. The highest BCUT2D eigenvalue weighted by Crippen LogP contribution is 2.28. The second kappa shape index (κ2) is 6.68. The highest BCUT2D eigenvalue weighted by Gasteiger charge is 2.09. The number of methoxy groups -OCH3 is 1. The smallest absolute Gasteiger partial charge is 0.288 e. The number of rotatable bonds is 3. The summed E-state index contributed by atoms with van der Waals surface area (Å²) in [5.41, 5.74) is 1.58. The number of hydrogen-bond donors (Lipinski definition) is 1. The fourth-order valence-corrected chi connectivity index (χ4v) is 2.58. The molecule has 0 aliphatic rings. The number of hydrogen-bond acceptors (Lipinski definition) is 3. The summed E-state index contributed by atoms with van der Waals surface area (Å²) in [6.07, 6.45) is 0. The number of carbonyl (C=O) groups excluding carboxylic acids is 1. The molecule has 0 heterocycles. The molecule has 2 aromatic rings. The first-order valence-electron chi connectivity index (χ1n) is 5.98. The predicted octanol–water partition coefficient (Wildman–Crippen LogP) is 4.98. The fraction of sp³-hybridized carbons (Fsp3) is 0.133. The first-order chi connectivity index (χ1) is 9.60. The van der Waals surface area contributed by atoms with Gasteiger partial charge in [0.1, 0.15) is 5.75 Å². The summed E-state index contributed by atoms with van der Waals surface area (Å²) in [5, 5.41) is 3.18. The van der Waals surface area contributed by atoms with Gasteiger partial charge in [0.05, 0.1) is 17.8 Å². The van der Waals surface area contributed by atoms with E-state index in [2.05, 4.69) is 5.32 Å². The summed E-state index contributed by atoms with van der Waals surface area (Å²) in [5.74, 6) is 0.761. The Labute approximate surface area is 127 Å². The summed E-state index contributed by atoms with van der Waals surface area (Å²) in [7, 11) is 1.61. The van der Waals surface area contributed by atoms with Crippen molar-refractivity contribution in [2.45, 2.75) is 11.8 Å². The summed E-state index contributed by atoms with van der Waals surface area (Å²) in [4.78, 5) is 12.8. The Morgan fingerprint density at radius 3 is 2.50 bits per heavy atom. The molecular formula is C15H14ClNO2S. The van der Waals surface area contributed by atoms with Crippen molar-refractivity contribution >= 4 is 34.3 Å². The Bertz CT molecular complexity index is 594. The van der Waals surface area contributed by atoms with Gasteiger partial charge in [0, 0.05) is 4.90 Å². The molecule has 0 aromatic heterocycles. The van der Waals surface area contributed by atoms with Crippen LogP contribution >= 0.6 is 23.4 Å². The van der Waals surface area contributed by atoms with Gasteiger partial charge in [-0.25, -0.2) is 0 Å². The lowest BCUT2D eigenvalue weighted by molar-refractivity contribution is 0.269. The van der Waals surface area contributed by atoms with Crippen molar-refractivity contribution in [2.75, 3.05) is 12.4 Å². The van der Waals surface area contributed by atoms with Gasteiger partial charge in [0.25, 0.3) is 5.24 Å². The first kappa shape index (κ1) is 14.8. The molecule has 2 rings (SSSR count). The second-order valence-electron chi connectivity index (χ2n) is 4.12. The Hall–Kier alpha value is -1.65. The minimum atomic E-state index is -0.175. The zero-order valence-electron chi connectivity index (χ0n) is 11.1. The van der Waals surface area contributed by atoms with Crippen LogP contribution < -0.4 is 10.1 Å². The van der Waals surface area contributed by atoms with Gasteiger partial charge in [-0.3, -0.25) is 4.79 Å². The topological polar surface area (TPSA) is 38.3 Å². The lowest BCUT2D eigenvalue weighted by Crippen LogP contribution is -2.06. The Balaban J connectivity index is 2.05. The molecule has 0 spiro atoms. The molecule has 1 N–H and O–H groups in total. The third kappa shape index (κ3) is 3.68. The van der Waals surface area contributed by atoms with Gasteiger partial charge in [-0.2, -0.15) is 0 Å². The number of anilines is 1. The maximum Gasteiger partial charge on any atom is 0.288 e. The van der Waals surface area contributed by atoms with Crippen LogP contribution in [-0.2, 0) is 0 Å². The lowest BCUT2D eigenvalue weighted by Gasteiger charge is -2.09. The zero-order valence-corrected chi connectivity index (χ0v) is 12.7. The van der Waals surface area contributed by atoms with Crippen LogP contribution in [0.3, 0.4) is 0 Å². The summed E-state index contributed by atoms with van der Waals surface area (Å²) in [6.45, 7) is 1.90. The van der Waals surface area contributed by atoms with Crippen molar-refractivity contribution in [1.82, 2.24) is 0 Å². The number of ether oxygens (including phenoxy) is 1. The maximum absolute atomic E-state index is 12.0. The number of nitrogens with one attached hydrogen (secondary N) is 1. The van der Waals surface area contributed by atoms with Gasteiger partial charge >= 0.3 is 0 Å². The van der Waals surface area contributed by atoms with Crippen molar-refractivity contribution in [1.29, 1.82) is 0 Å². The van der Waals surface area contributed by atoms with E-state index in [4.69, 9.17) is 16.3 Å². The molecule has 104 valence electrons. The summed E-state index contributed by atoms with van der Waals surface area (Å²) >= 11 is 7.19. The van der Waals surface area contributed by atoms with Crippen molar-refractivity contribution < 1.29 is 9.53 Å². The maximum atomic E-state index is 12.0. The standard InChI is InChI=1S/C15H14ClNO2S/c1-10-4-3-5-13(16)14(10)17-15(18)20-12-8-6-11(19-2)7-9-12/h3-9H,1-2H3,(H,17,18). The molecule has 0 atom stereocenters. The summed E-state index contributed by atoms with van der Waals surface area (Å²) < 4.78 is 5.07. The van der Waals surface area contributed by atoms with Crippen LogP contribution in [0.4, 0.5) is 10.5 Å². The highest BCUT2D eigenvalue weighted by molar-refractivity contribution is 8.13. The molecule has 0 aliphatic heterocycles. The molecule has 0 saturated heterocycles. The van der Waals surface area contributed by atoms with E-state index in [9.17, 15) is 4.79 Å². The van der Waals surface area contributed by atoms with Crippen molar-refractivity contribution in [3.63, 3.8) is 0 Å². The van der Waals surface area contributed by atoms with Crippen molar-refractivity contribution in [3.05, 3.63) is 53.1 Å². The second-order valence-corrected chi connectivity index (χ2v) is 5.58. The van der Waals surface area contributed by atoms with E-state index in [0.717, 1.165) is 28.0 Å². The molecule has 0 saturated carbocycles. The molecule has 0 bridgehead atoms. The molecule has 2 aromatic carbocycles. The Morgan fingerprint density at radius 2 is 1.90 bits per heavy atom. The van der Waals surface area contributed by atoms with E-state index in [0.29, 0.717) is 10.7 Å². The number of para-hydroxylation sites is 1. The molecular weight excluding hydrogens is 294 g/mol. The number of thioether (sulfide) groups is 1. The van der Waals surface area contributed by atoms with Crippen molar-refractivity contribution in [2.24, 2.45) is 0 Å². The van der Waals surface area contributed by atoms with E-state index >= 15 is 0 Å². The van der Waals surface area contributed by atoms with E-state index in [1.54, 1.807) is 13.2 Å². The molecule has 1 amide bonds. The monoisotopic (exact) mass is 307 g/mol. The van der Waals surface area contributed by atoms with Crippen LogP contribution in [-0.4, -0.2) is 12.3 Å². The van der Waals surface area contributed by atoms with Gasteiger partial charge in [0.15, 0.2) is 0 Å². The predicted molar refractivity (Wildman–Crippen MR) is 84.1 cm³/mol. The Kier molecular flexibility index (Phi) is 4.93. The molecule has 0 fully saturated rings. The summed E-state index contributed by atoms with van der Waals surface area (Å²) in [6, 6.07) is 12.8. The molecule has 0 aliphatic carbocycles. The highest BCUT2D eigenvalue weighted by atomic mass is 35.5. The minimum absolute atomic E-state index is 0.175. The van der Waals surface area contributed by atoms with Gasteiger partial charge < -0.3 is 10.1 Å². The SMILES string of the molecule is COc1ccc(SC(=O)Nc2c(C)cccc2Cl)cc1. The number of amides is 1. The molecule has 3 nitrogen and oxygen atoms in total. The van der Waals surface area contributed by atoms with Crippen LogP contribution in [0.5, 0.6) is 5.75 Å². The lowest BCUT2D eigenvalue weighted by atomic mass is 10.2.